The standard InChI is InChI=1S/C12H17ClO2/c1-4-9(2)15-12-6-5-11(14-3)7-10(12)8-13/h5-7,9H,4,8H2,1-3H3. The second-order valence-electron chi connectivity index (χ2n) is 3.44. The first-order valence-electron chi connectivity index (χ1n) is 5.10. The van der Waals surface area contributed by atoms with E-state index in [0.29, 0.717) is 5.88 Å². The third-order valence-electron chi connectivity index (χ3n) is 2.31. The van der Waals surface area contributed by atoms with Crippen molar-refractivity contribution in [2.45, 2.75) is 32.3 Å². The minimum absolute atomic E-state index is 0.209. The SMILES string of the molecule is CCC(C)Oc1ccc(OC)cc1CCl. The summed E-state index contributed by atoms with van der Waals surface area (Å²) in [5.74, 6) is 2.09. The topological polar surface area (TPSA) is 18.5 Å². The van der Waals surface area contributed by atoms with Crippen LogP contribution in [0, 0.1) is 0 Å². The number of hydrogen-bond acceptors (Lipinski definition) is 2. The first kappa shape index (κ1) is 12.2. The van der Waals surface area contributed by atoms with E-state index in [0.717, 1.165) is 23.5 Å². The summed E-state index contributed by atoms with van der Waals surface area (Å²) in [6.07, 6.45) is 1.19. The highest BCUT2D eigenvalue weighted by atomic mass is 35.5. The molecule has 0 heterocycles. The molecule has 0 saturated carbocycles. The fourth-order valence-corrected chi connectivity index (χ4v) is 1.41. The Bertz CT molecular complexity index is 312. The van der Waals surface area contributed by atoms with E-state index >= 15 is 0 Å². The van der Waals surface area contributed by atoms with Crippen molar-refractivity contribution < 1.29 is 9.47 Å². The van der Waals surface area contributed by atoms with Crippen LogP contribution < -0.4 is 9.47 Å². The molecule has 0 N–H and O–H groups in total. The maximum Gasteiger partial charge on any atom is 0.124 e. The Labute approximate surface area is 96.2 Å². The summed E-state index contributed by atoms with van der Waals surface area (Å²) in [6.45, 7) is 4.14. The van der Waals surface area contributed by atoms with Gasteiger partial charge in [-0.05, 0) is 31.5 Å². The highest BCUT2D eigenvalue weighted by Crippen LogP contribution is 2.26. The second-order valence-corrected chi connectivity index (χ2v) is 3.71. The largest absolute Gasteiger partial charge is 0.497 e. The maximum atomic E-state index is 5.85. The van der Waals surface area contributed by atoms with E-state index in [2.05, 4.69) is 6.92 Å². The quantitative estimate of drug-likeness (QED) is 0.717. The van der Waals surface area contributed by atoms with Crippen LogP contribution >= 0.6 is 11.6 Å². The summed E-state index contributed by atoms with van der Waals surface area (Å²) in [6, 6.07) is 5.70. The summed E-state index contributed by atoms with van der Waals surface area (Å²) < 4.78 is 10.9. The normalized spacial score (nSPS) is 12.3. The molecule has 0 amide bonds. The van der Waals surface area contributed by atoms with Gasteiger partial charge in [-0.25, -0.2) is 0 Å². The van der Waals surface area contributed by atoms with Gasteiger partial charge in [-0.1, -0.05) is 6.92 Å². The lowest BCUT2D eigenvalue weighted by Gasteiger charge is -2.15. The van der Waals surface area contributed by atoms with Crippen molar-refractivity contribution in [3.8, 4) is 11.5 Å². The summed E-state index contributed by atoms with van der Waals surface area (Å²) in [7, 11) is 1.64. The monoisotopic (exact) mass is 228 g/mol. The molecule has 84 valence electrons. The predicted molar refractivity (Wildman–Crippen MR) is 62.9 cm³/mol. The van der Waals surface area contributed by atoms with Gasteiger partial charge in [0.05, 0.1) is 19.1 Å². The highest BCUT2D eigenvalue weighted by Gasteiger charge is 2.07. The summed E-state index contributed by atoms with van der Waals surface area (Å²) in [5, 5.41) is 0. The third kappa shape index (κ3) is 3.31. The van der Waals surface area contributed by atoms with Gasteiger partial charge in [0.25, 0.3) is 0 Å². The Balaban J connectivity index is 2.87. The number of methoxy groups -OCH3 is 1. The summed E-state index contributed by atoms with van der Waals surface area (Å²) >= 11 is 5.85. The Hall–Kier alpha value is -0.890. The van der Waals surface area contributed by atoms with Crippen molar-refractivity contribution in [2.24, 2.45) is 0 Å². The van der Waals surface area contributed by atoms with Gasteiger partial charge in [0.2, 0.25) is 0 Å². The molecule has 0 aliphatic rings. The summed E-state index contributed by atoms with van der Waals surface area (Å²) in [4.78, 5) is 0. The van der Waals surface area contributed by atoms with E-state index in [-0.39, 0.29) is 6.10 Å². The minimum atomic E-state index is 0.209. The molecular weight excluding hydrogens is 212 g/mol. The Morgan fingerprint density at radius 1 is 1.40 bits per heavy atom. The molecule has 1 atom stereocenters. The van der Waals surface area contributed by atoms with E-state index in [1.807, 2.05) is 25.1 Å². The van der Waals surface area contributed by atoms with Crippen molar-refractivity contribution >= 4 is 11.6 Å². The van der Waals surface area contributed by atoms with Crippen molar-refractivity contribution in [3.05, 3.63) is 23.8 Å². The van der Waals surface area contributed by atoms with Crippen LogP contribution in [0.25, 0.3) is 0 Å². The molecule has 1 aromatic carbocycles. The van der Waals surface area contributed by atoms with Gasteiger partial charge in [0, 0.05) is 5.56 Å². The molecule has 3 heteroatoms. The predicted octanol–water partition coefficient (Wildman–Crippen LogP) is 3.61. The van der Waals surface area contributed by atoms with Gasteiger partial charge >= 0.3 is 0 Å². The molecule has 2 nitrogen and oxygen atoms in total. The molecule has 1 unspecified atom stereocenters. The van der Waals surface area contributed by atoms with Gasteiger partial charge in [-0.15, -0.1) is 11.6 Å². The lowest BCUT2D eigenvalue weighted by atomic mass is 10.2. The zero-order valence-electron chi connectivity index (χ0n) is 9.42. The molecule has 0 radical (unpaired) electrons. The first-order valence-corrected chi connectivity index (χ1v) is 5.64. The number of rotatable bonds is 5. The van der Waals surface area contributed by atoms with Crippen molar-refractivity contribution in [3.63, 3.8) is 0 Å². The lowest BCUT2D eigenvalue weighted by molar-refractivity contribution is 0.215. The van der Waals surface area contributed by atoms with E-state index in [4.69, 9.17) is 21.1 Å². The minimum Gasteiger partial charge on any atom is -0.497 e. The van der Waals surface area contributed by atoms with E-state index in [1.54, 1.807) is 7.11 Å². The molecule has 0 saturated heterocycles. The Morgan fingerprint density at radius 3 is 2.67 bits per heavy atom. The van der Waals surface area contributed by atoms with Crippen molar-refractivity contribution in [1.29, 1.82) is 0 Å². The van der Waals surface area contributed by atoms with Gasteiger partial charge in [-0.2, -0.15) is 0 Å². The average molecular weight is 229 g/mol. The fourth-order valence-electron chi connectivity index (χ4n) is 1.20. The Kier molecular flexibility index (Phi) is 4.76. The van der Waals surface area contributed by atoms with Crippen LogP contribution in [-0.4, -0.2) is 13.2 Å². The molecule has 0 bridgehead atoms. The number of hydrogen-bond donors (Lipinski definition) is 0. The second kappa shape index (κ2) is 5.86. The zero-order valence-corrected chi connectivity index (χ0v) is 10.2. The molecule has 0 fully saturated rings. The van der Waals surface area contributed by atoms with Crippen LogP contribution in [0.15, 0.2) is 18.2 Å². The van der Waals surface area contributed by atoms with Gasteiger partial charge < -0.3 is 9.47 Å². The third-order valence-corrected chi connectivity index (χ3v) is 2.60. The number of halogens is 1. The van der Waals surface area contributed by atoms with E-state index in [1.165, 1.54) is 0 Å². The van der Waals surface area contributed by atoms with Crippen LogP contribution in [0.3, 0.4) is 0 Å². The lowest BCUT2D eigenvalue weighted by Crippen LogP contribution is -2.10. The Morgan fingerprint density at radius 2 is 2.13 bits per heavy atom. The van der Waals surface area contributed by atoms with Crippen LogP contribution in [0.1, 0.15) is 25.8 Å². The molecule has 1 rings (SSSR count). The highest BCUT2D eigenvalue weighted by molar-refractivity contribution is 6.17. The van der Waals surface area contributed by atoms with Gasteiger partial charge in [0.1, 0.15) is 11.5 Å². The molecule has 15 heavy (non-hydrogen) atoms. The van der Waals surface area contributed by atoms with Gasteiger partial charge in [0.15, 0.2) is 0 Å². The molecule has 0 spiro atoms. The smallest absolute Gasteiger partial charge is 0.124 e. The molecular formula is C12H17ClO2. The first-order chi connectivity index (χ1) is 7.21. The van der Waals surface area contributed by atoms with Crippen molar-refractivity contribution in [2.75, 3.05) is 7.11 Å². The summed E-state index contributed by atoms with van der Waals surface area (Å²) in [5.41, 5.74) is 0.969. The van der Waals surface area contributed by atoms with Crippen LogP contribution in [0.2, 0.25) is 0 Å². The molecule has 0 aliphatic heterocycles. The van der Waals surface area contributed by atoms with Gasteiger partial charge in [-0.3, -0.25) is 0 Å². The van der Waals surface area contributed by atoms with E-state index < -0.39 is 0 Å². The molecule has 0 aromatic heterocycles. The van der Waals surface area contributed by atoms with Crippen LogP contribution in [0.4, 0.5) is 0 Å². The number of benzene rings is 1. The molecule has 0 aliphatic carbocycles. The molecule has 1 aromatic rings. The number of alkyl halides is 1. The fraction of sp³-hybridized carbons (Fsp3) is 0.500. The van der Waals surface area contributed by atoms with Crippen molar-refractivity contribution in [1.82, 2.24) is 0 Å². The van der Waals surface area contributed by atoms with Crippen LogP contribution in [0.5, 0.6) is 11.5 Å². The van der Waals surface area contributed by atoms with Crippen LogP contribution in [-0.2, 0) is 5.88 Å². The zero-order chi connectivity index (χ0) is 11.3. The maximum absolute atomic E-state index is 5.85. The number of ether oxygens (including phenoxy) is 2. The van der Waals surface area contributed by atoms with E-state index in [9.17, 15) is 0 Å². The average Bonchev–Trinajstić information content (AvgIpc) is 2.29.